The molecule has 3 heterocycles. The van der Waals surface area contributed by atoms with E-state index in [4.69, 9.17) is 14.7 Å². The van der Waals surface area contributed by atoms with Gasteiger partial charge in [0.1, 0.15) is 5.84 Å². The van der Waals surface area contributed by atoms with Gasteiger partial charge in [0, 0.05) is 49.8 Å². The maximum absolute atomic E-state index is 12.9. The molecule has 2 aromatic carbocycles. The minimum atomic E-state index is -0.157. The number of likely N-dealkylation sites (tertiary alicyclic amines) is 1. The fourth-order valence-electron chi connectivity index (χ4n) is 6.82. The Morgan fingerprint density at radius 1 is 1.13 bits per heavy atom. The zero-order valence-corrected chi connectivity index (χ0v) is 27.7. The van der Waals surface area contributed by atoms with E-state index in [1.807, 2.05) is 19.3 Å². The first kappa shape index (κ1) is 32.5. The Hall–Kier alpha value is -4.47. The smallest absolute Gasteiger partial charge is 0.223 e. The zero-order chi connectivity index (χ0) is 32.8. The summed E-state index contributed by atoms with van der Waals surface area (Å²) in [5.74, 6) is 2.05. The molecule has 0 saturated carbocycles. The number of fused-ring (bicyclic) bond motifs is 1. The van der Waals surface area contributed by atoms with Gasteiger partial charge in [-0.1, -0.05) is 61.5 Å². The Balaban J connectivity index is 1.06. The number of phenolic OH excluding ortho intramolecular Hbond substituents is 1. The second-order valence-corrected chi connectivity index (χ2v) is 12.6. The van der Waals surface area contributed by atoms with Gasteiger partial charge in [-0.05, 0) is 79.6 Å². The molecule has 246 valence electrons. The molecule has 3 N–H and O–H groups in total. The summed E-state index contributed by atoms with van der Waals surface area (Å²) >= 11 is 0. The van der Waals surface area contributed by atoms with Crippen LogP contribution in [0.3, 0.4) is 0 Å². The van der Waals surface area contributed by atoms with Crippen molar-refractivity contribution < 1.29 is 14.6 Å². The van der Waals surface area contributed by atoms with Crippen LogP contribution in [-0.2, 0) is 11.3 Å². The number of hydrogen-bond donors (Lipinski definition) is 3. The maximum atomic E-state index is 12.9. The number of hydrazine groups is 1. The number of methoxy groups -OCH3 is 1. The summed E-state index contributed by atoms with van der Waals surface area (Å²) in [5.41, 5.74) is 9.77. The van der Waals surface area contributed by atoms with Crippen molar-refractivity contribution in [3.8, 4) is 11.5 Å². The molecule has 0 radical (unpaired) electrons. The number of allylic oxidation sites excluding steroid dienone is 4. The molecule has 6 rings (SSSR count). The number of amides is 1. The number of dihydropyridines is 1. The lowest BCUT2D eigenvalue weighted by Crippen LogP contribution is -2.50. The molecule has 1 amide bonds. The number of benzene rings is 2. The first-order valence-electron chi connectivity index (χ1n) is 16.8. The summed E-state index contributed by atoms with van der Waals surface area (Å²) in [6.45, 7) is 5.40. The van der Waals surface area contributed by atoms with Gasteiger partial charge in [-0.25, -0.2) is 10.4 Å². The first-order chi connectivity index (χ1) is 23.0. The van der Waals surface area contributed by atoms with Crippen LogP contribution in [-0.4, -0.2) is 72.4 Å². The Morgan fingerprint density at radius 2 is 1.94 bits per heavy atom. The van der Waals surface area contributed by atoms with Gasteiger partial charge in [-0.3, -0.25) is 14.8 Å². The molecular formula is C38H46N6O3. The molecule has 2 aromatic rings. The summed E-state index contributed by atoms with van der Waals surface area (Å²) in [4.78, 5) is 25.5. The molecular weight excluding hydrogens is 588 g/mol. The maximum Gasteiger partial charge on any atom is 0.223 e. The lowest BCUT2D eigenvalue weighted by Gasteiger charge is -2.37. The molecule has 4 aliphatic rings. The van der Waals surface area contributed by atoms with Gasteiger partial charge >= 0.3 is 0 Å². The first-order valence-corrected chi connectivity index (χ1v) is 16.8. The van der Waals surface area contributed by atoms with Gasteiger partial charge in [0.2, 0.25) is 5.91 Å². The number of rotatable bonds is 11. The third-order valence-electron chi connectivity index (χ3n) is 9.42. The number of amidine groups is 1. The fourth-order valence-corrected chi connectivity index (χ4v) is 6.82. The van der Waals surface area contributed by atoms with Gasteiger partial charge in [0.15, 0.2) is 17.7 Å². The zero-order valence-electron chi connectivity index (χ0n) is 27.7. The number of carbonyl (C=O) groups excluding carboxylic acids is 1. The largest absolute Gasteiger partial charge is 0.504 e. The Labute approximate surface area is 278 Å². The number of aromatic hydroxyl groups is 1. The van der Waals surface area contributed by atoms with E-state index in [1.54, 1.807) is 18.2 Å². The molecule has 2 unspecified atom stereocenters. The molecule has 47 heavy (non-hydrogen) atoms. The van der Waals surface area contributed by atoms with E-state index < -0.39 is 0 Å². The number of ether oxygens (including phenoxy) is 1. The van der Waals surface area contributed by atoms with Crippen molar-refractivity contribution >= 4 is 23.0 Å². The van der Waals surface area contributed by atoms with Gasteiger partial charge in [-0.15, -0.1) is 0 Å². The number of nitrogens with zero attached hydrogens (tertiary/aromatic N) is 4. The molecule has 1 saturated heterocycles. The molecule has 1 aliphatic carbocycles. The minimum absolute atomic E-state index is 0.0185. The molecule has 0 aromatic heterocycles. The second kappa shape index (κ2) is 15.0. The molecule has 2 atom stereocenters. The predicted octanol–water partition coefficient (Wildman–Crippen LogP) is 5.63. The highest BCUT2D eigenvalue weighted by molar-refractivity contribution is 6.33. The summed E-state index contributed by atoms with van der Waals surface area (Å²) < 4.78 is 5.19. The number of nitrogens with one attached hydrogen (secondary N) is 2. The number of phenols is 1. The van der Waals surface area contributed by atoms with E-state index in [0.29, 0.717) is 18.2 Å². The molecule has 0 spiro atoms. The number of hydrogen-bond acceptors (Lipinski definition) is 8. The van der Waals surface area contributed by atoms with Crippen molar-refractivity contribution in [2.75, 3.05) is 33.8 Å². The van der Waals surface area contributed by atoms with Gasteiger partial charge in [0.05, 0.1) is 12.8 Å². The van der Waals surface area contributed by atoms with Gasteiger partial charge < -0.3 is 20.1 Å². The average Bonchev–Trinajstić information content (AvgIpc) is 3.11. The number of aliphatic imine (C=N–C) groups is 2. The van der Waals surface area contributed by atoms with Crippen LogP contribution < -0.4 is 15.5 Å². The van der Waals surface area contributed by atoms with Crippen molar-refractivity contribution in [3.05, 3.63) is 101 Å². The average molecular weight is 635 g/mol. The SMILES string of the molecule is CCCC1=NC=C2C=C(c3ccccc3)C(C3=CCC(CN4CCC(C(=O)NCc5ccc(O)c(OC)c5)CC4)C=C3)=NC2N1NC. The summed E-state index contributed by atoms with van der Waals surface area (Å²) in [5, 5.41) is 15.0. The van der Waals surface area contributed by atoms with Crippen LogP contribution >= 0.6 is 0 Å². The van der Waals surface area contributed by atoms with E-state index in [-0.39, 0.29) is 23.7 Å². The predicted molar refractivity (Wildman–Crippen MR) is 188 cm³/mol. The topological polar surface area (TPSA) is 102 Å². The highest BCUT2D eigenvalue weighted by atomic mass is 16.5. The van der Waals surface area contributed by atoms with E-state index in [0.717, 1.165) is 91.1 Å². The monoisotopic (exact) mass is 634 g/mol. The van der Waals surface area contributed by atoms with E-state index in [1.165, 1.54) is 7.11 Å². The normalized spacial score (nSPS) is 21.6. The third kappa shape index (κ3) is 7.42. The molecule has 9 nitrogen and oxygen atoms in total. The summed E-state index contributed by atoms with van der Waals surface area (Å²) in [7, 11) is 3.46. The number of carbonyl (C=O) groups is 1. The summed E-state index contributed by atoms with van der Waals surface area (Å²) in [6.07, 6.45) is 15.6. The van der Waals surface area contributed by atoms with E-state index in [2.05, 4.69) is 76.1 Å². The van der Waals surface area contributed by atoms with Crippen molar-refractivity contribution in [1.29, 1.82) is 0 Å². The molecule has 3 aliphatic heterocycles. The van der Waals surface area contributed by atoms with Crippen LogP contribution in [0.5, 0.6) is 11.5 Å². The standard InChI is InChI=1S/C38H46N6O3/c1-4-8-35-40-24-31-22-32(28-9-6-5-7-10-28)36(42-37(31)44(35)39-2)29-14-11-26(12-15-29)25-43-19-17-30(18-20-43)38(46)41-23-27-13-16-33(45)34(21-27)47-3/h5-7,9-11,13-16,21-22,24,26,30,37,39,45H,4,8,12,17-20,23,25H2,1-3H3,(H,41,46). The van der Waals surface area contributed by atoms with Crippen LogP contribution in [0.25, 0.3) is 5.57 Å². The van der Waals surface area contributed by atoms with Crippen LogP contribution in [0.2, 0.25) is 0 Å². The molecule has 0 bridgehead atoms. The van der Waals surface area contributed by atoms with Gasteiger partial charge in [0.25, 0.3) is 0 Å². The lowest BCUT2D eigenvalue weighted by molar-refractivity contribution is -0.126. The number of piperidine rings is 1. The van der Waals surface area contributed by atoms with Crippen molar-refractivity contribution in [2.45, 2.75) is 51.7 Å². The summed E-state index contributed by atoms with van der Waals surface area (Å²) in [6, 6.07) is 15.7. The van der Waals surface area contributed by atoms with E-state index in [9.17, 15) is 9.90 Å². The van der Waals surface area contributed by atoms with Crippen LogP contribution in [0.4, 0.5) is 0 Å². The van der Waals surface area contributed by atoms with Crippen molar-refractivity contribution in [2.24, 2.45) is 21.8 Å². The fraction of sp³-hybridized carbons (Fsp3) is 0.395. The van der Waals surface area contributed by atoms with Crippen LogP contribution in [0.1, 0.15) is 50.2 Å². The van der Waals surface area contributed by atoms with Crippen LogP contribution in [0.15, 0.2) is 100 Å². The van der Waals surface area contributed by atoms with Crippen LogP contribution in [0, 0.1) is 11.8 Å². The Morgan fingerprint density at radius 3 is 2.64 bits per heavy atom. The second-order valence-electron chi connectivity index (χ2n) is 12.6. The highest BCUT2D eigenvalue weighted by Crippen LogP contribution is 2.34. The quantitative estimate of drug-likeness (QED) is 0.296. The Bertz CT molecular complexity index is 1630. The van der Waals surface area contributed by atoms with E-state index >= 15 is 0 Å². The molecule has 9 heteroatoms. The minimum Gasteiger partial charge on any atom is -0.504 e. The molecule has 1 fully saturated rings. The van der Waals surface area contributed by atoms with Crippen molar-refractivity contribution in [3.63, 3.8) is 0 Å². The lowest BCUT2D eigenvalue weighted by atomic mass is 9.86. The third-order valence-corrected chi connectivity index (χ3v) is 9.42. The van der Waals surface area contributed by atoms with Gasteiger partial charge in [-0.2, -0.15) is 0 Å². The van der Waals surface area contributed by atoms with Crippen molar-refractivity contribution in [1.82, 2.24) is 20.7 Å². The highest BCUT2D eigenvalue weighted by Gasteiger charge is 2.32. The Kier molecular flexibility index (Phi) is 10.3.